The Labute approximate surface area is 89.2 Å². The SMILES string of the molecule is C[N](C)[Nd][CH2]c1ccccc1. The molecule has 0 heterocycles. The first kappa shape index (κ1) is 9.62. The molecule has 0 aliphatic carbocycles. The average Bonchev–Trinajstić information content (AvgIpc) is 2.03. The van der Waals surface area contributed by atoms with Crippen molar-refractivity contribution in [2.24, 2.45) is 0 Å². The zero-order valence-electron chi connectivity index (χ0n) is 7.04. The molecule has 1 rings (SSSR count). The van der Waals surface area contributed by atoms with Crippen LogP contribution in [0, 0.1) is 37.1 Å². The average molecular weight is 279 g/mol. The molecule has 0 spiro atoms. The zero-order valence-corrected chi connectivity index (χ0v) is 10.2. The fraction of sp³-hybridized carbons (Fsp3) is 0.333. The third kappa shape index (κ3) is 4.19. The molecular weight excluding hydrogens is 266 g/mol. The topological polar surface area (TPSA) is 3.24 Å². The van der Waals surface area contributed by atoms with Gasteiger partial charge in [0.05, 0.1) is 0 Å². The number of benzene rings is 1. The maximum absolute atomic E-state index is 2.40. The van der Waals surface area contributed by atoms with Crippen LogP contribution in [0.3, 0.4) is 0 Å². The summed E-state index contributed by atoms with van der Waals surface area (Å²) in [6.07, 6.45) is 0. The van der Waals surface area contributed by atoms with Crippen molar-refractivity contribution in [1.82, 2.24) is 0.983 Å². The Kier molecular flexibility index (Phi) is 4.57. The van der Waals surface area contributed by atoms with Crippen LogP contribution < -0.4 is 0 Å². The van der Waals surface area contributed by atoms with Crippen molar-refractivity contribution in [2.75, 3.05) is 14.1 Å². The summed E-state index contributed by atoms with van der Waals surface area (Å²) in [5.41, 5.74) is 1.50. The van der Waals surface area contributed by atoms with E-state index in [2.05, 4.69) is 45.4 Å². The molecule has 1 aromatic rings. The summed E-state index contributed by atoms with van der Waals surface area (Å²) < 4.78 is 3.74. The third-order valence-corrected chi connectivity index (χ3v) is 5.29. The first-order chi connectivity index (χ1) is 5.29. The molecule has 0 saturated heterocycles. The van der Waals surface area contributed by atoms with Crippen LogP contribution in [-0.4, -0.2) is 15.1 Å². The van der Waals surface area contributed by atoms with Crippen LogP contribution in [0.15, 0.2) is 30.3 Å². The Hall–Kier alpha value is 0.531. The van der Waals surface area contributed by atoms with Crippen molar-refractivity contribution < 1.29 is 37.1 Å². The van der Waals surface area contributed by atoms with E-state index in [9.17, 15) is 0 Å². The van der Waals surface area contributed by atoms with Gasteiger partial charge in [-0.15, -0.1) is 0 Å². The predicted octanol–water partition coefficient (Wildman–Crippen LogP) is 1.75. The minimum atomic E-state index is -0.478. The molecule has 0 N–H and O–H groups in total. The summed E-state index contributed by atoms with van der Waals surface area (Å²) in [5, 5.41) is 0. The summed E-state index contributed by atoms with van der Waals surface area (Å²) in [7, 11) is 4.37. The Morgan fingerprint density at radius 1 is 1.18 bits per heavy atom. The number of hydrogen-bond acceptors (Lipinski definition) is 1. The molecule has 1 aromatic carbocycles. The van der Waals surface area contributed by atoms with Gasteiger partial charge in [-0.05, 0) is 0 Å². The third-order valence-electron chi connectivity index (χ3n) is 1.44. The molecular formula is C9H13NNd. The normalized spacial score (nSPS) is 10.1. The Morgan fingerprint density at radius 3 is 2.36 bits per heavy atom. The van der Waals surface area contributed by atoms with Crippen LogP contribution in [0.2, 0.25) is 0 Å². The van der Waals surface area contributed by atoms with Crippen molar-refractivity contribution >= 4 is 0 Å². The van der Waals surface area contributed by atoms with E-state index in [1.165, 1.54) is 7.63 Å². The number of nitrogens with zero attached hydrogens (tertiary/aromatic N) is 1. The van der Waals surface area contributed by atoms with Crippen LogP contribution in [-0.2, 0) is 2.07 Å². The number of hydrogen-bond donors (Lipinski definition) is 0. The van der Waals surface area contributed by atoms with Gasteiger partial charge in [0.2, 0.25) is 0 Å². The molecule has 0 fully saturated rings. The predicted molar refractivity (Wildman–Crippen MR) is 43.8 cm³/mol. The molecule has 0 aliphatic heterocycles. The van der Waals surface area contributed by atoms with E-state index in [1.807, 2.05) is 0 Å². The van der Waals surface area contributed by atoms with Gasteiger partial charge in [0.1, 0.15) is 0 Å². The van der Waals surface area contributed by atoms with Crippen LogP contribution in [0.1, 0.15) is 5.56 Å². The van der Waals surface area contributed by atoms with Gasteiger partial charge >= 0.3 is 90.1 Å². The fourth-order valence-corrected chi connectivity index (χ4v) is 3.20. The molecule has 0 radical (unpaired) electrons. The van der Waals surface area contributed by atoms with Crippen molar-refractivity contribution in [3.8, 4) is 0 Å². The van der Waals surface area contributed by atoms with E-state index in [0.717, 1.165) is 0 Å². The van der Waals surface area contributed by atoms with Gasteiger partial charge in [-0.1, -0.05) is 0 Å². The molecule has 2 heteroatoms. The van der Waals surface area contributed by atoms with E-state index in [4.69, 9.17) is 0 Å². The van der Waals surface area contributed by atoms with Gasteiger partial charge in [0, 0.05) is 0 Å². The molecule has 0 saturated carbocycles. The van der Waals surface area contributed by atoms with Gasteiger partial charge in [0.25, 0.3) is 0 Å². The minimum absolute atomic E-state index is 0.478. The zero-order chi connectivity index (χ0) is 8.10. The molecule has 0 aliphatic rings. The second-order valence-corrected chi connectivity index (χ2v) is 7.73. The van der Waals surface area contributed by atoms with E-state index in [-0.39, 0.29) is 0 Å². The van der Waals surface area contributed by atoms with E-state index in [0.29, 0.717) is 0 Å². The molecule has 0 bridgehead atoms. The van der Waals surface area contributed by atoms with Crippen LogP contribution in [0.25, 0.3) is 0 Å². The van der Waals surface area contributed by atoms with Crippen LogP contribution in [0.4, 0.5) is 0 Å². The van der Waals surface area contributed by atoms with Gasteiger partial charge < -0.3 is 0 Å². The molecule has 0 atom stereocenters. The van der Waals surface area contributed by atoms with Crippen molar-refractivity contribution in [3.63, 3.8) is 0 Å². The fourth-order valence-electron chi connectivity index (χ4n) is 0.845. The van der Waals surface area contributed by atoms with Crippen molar-refractivity contribution in [1.29, 1.82) is 0 Å². The monoisotopic (exact) mass is 277 g/mol. The Bertz CT molecular complexity index is 196. The standard InChI is InChI=1S/C7H7.C2H6N.Nd/c1-7-5-3-2-4-6-7;1-3-2;/h2-6H,1H2;1-2H3;/q;-1;+1. The summed E-state index contributed by atoms with van der Waals surface area (Å²) in [6.45, 7) is 0. The molecule has 58 valence electrons. The Morgan fingerprint density at radius 2 is 1.82 bits per heavy atom. The van der Waals surface area contributed by atoms with E-state index in [1.54, 1.807) is 0 Å². The molecule has 11 heavy (non-hydrogen) atoms. The quantitative estimate of drug-likeness (QED) is 0.815. The summed E-state index contributed by atoms with van der Waals surface area (Å²) in [4.78, 5) is 0. The number of rotatable bonds is 3. The van der Waals surface area contributed by atoms with Crippen LogP contribution >= 0.6 is 0 Å². The first-order valence-corrected chi connectivity index (χ1v) is 7.44. The molecule has 0 amide bonds. The molecule has 0 aromatic heterocycles. The first-order valence-electron chi connectivity index (χ1n) is 3.74. The van der Waals surface area contributed by atoms with Gasteiger partial charge in [-0.25, -0.2) is 0 Å². The molecule has 0 unspecified atom stereocenters. The van der Waals surface area contributed by atoms with Gasteiger partial charge in [-0.3, -0.25) is 0 Å². The Balaban J connectivity index is 2.39. The molecule has 1 nitrogen and oxygen atoms in total. The van der Waals surface area contributed by atoms with E-state index < -0.39 is 37.1 Å². The summed E-state index contributed by atoms with van der Waals surface area (Å²) in [5.74, 6) is 0. The second kappa shape index (κ2) is 5.22. The van der Waals surface area contributed by atoms with E-state index >= 15 is 0 Å². The van der Waals surface area contributed by atoms with Crippen LogP contribution in [0.5, 0.6) is 0 Å². The van der Waals surface area contributed by atoms with Crippen molar-refractivity contribution in [2.45, 2.75) is 2.07 Å². The summed E-state index contributed by atoms with van der Waals surface area (Å²) >= 11 is -0.478. The second-order valence-electron chi connectivity index (χ2n) is 2.71. The maximum atomic E-state index is 2.40. The van der Waals surface area contributed by atoms with Crippen molar-refractivity contribution in [3.05, 3.63) is 35.9 Å². The summed E-state index contributed by atoms with van der Waals surface area (Å²) in [6, 6.07) is 10.8. The van der Waals surface area contributed by atoms with Gasteiger partial charge in [0.15, 0.2) is 0 Å². The van der Waals surface area contributed by atoms with Gasteiger partial charge in [-0.2, -0.15) is 0 Å².